The molecule has 0 bridgehead atoms. The van der Waals surface area contributed by atoms with Crippen LogP contribution < -0.4 is 19.1 Å². The van der Waals surface area contributed by atoms with Crippen molar-refractivity contribution in [1.82, 2.24) is 10.2 Å². The first kappa shape index (κ1) is 37.2. The fourth-order valence-electron chi connectivity index (χ4n) is 5.61. The zero-order valence-corrected chi connectivity index (χ0v) is 31.7. The summed E-state index contributed by atoms with van der Waals surface area (Å²) in [6, 6.07) is 24.2. The molecule has 4 aromatic carbocycles. The highest BCUT2D eigenvalue weighted by atomic mass is 35.5. The minimum absolute atomic E-state index is 0.0996. The molecular weight excluding hydrogens is 741 g/mol. The highest BCUT2D eigenvalue weighted by molar-refractivity contribution is 8.00. The Morgan fingerprint density at radius 2 is 1.77 bits per heavy atom. The number of methoxy groups -OCH3 is 1. The van der Waals surface area contributed by atoms with E-state index in [0.29, 0.717) is 61.7 Å². The summed E-state index contributed by atoms with van der Waals surface area (Å²) in [6.07, 6.45) is 1.83. The van der Waals surface area contributed by atoms with Crippen LogP contribution in [0.25, 0.3) is 5.76 Å². The van der Waals surface area contributed by atoms with Crippen LogP contribution in [0.1, 0.15) is 53.6 Å². The molecule has 6 rings (SSSR count). The van der Waals surface area contributed by atoms with E-state index < -0.39 is 17.7 Å². The van der Waals surface area contributed by atoms with Crippen LogP contribution in [0.15, 0.2) is 94.8 Å². The number of halogens is 2. The third-order valence-corrected chi connectivity index (χ3v) is 11.0. The van der Waals surface area contributed by atoms with E-state index in [0.717, 1.165) is 40.9 Å². The lowest BCUT2D eigenvalue weighted by molar-refractivity contribution is -0.132. The summed E-state index contributed by atoms with van der Waals surface area (Å²) in [5.74, 6) is -0.0425. The summed E-state index contributed by atoms with van der Waals surface area (Å²) in [5.41, 5.74) is 3.76. The van der Waals surface area contributed by atoms with Gasteiger partial charge < -0.3 is 19.3 Å². The first-order chi connectivity index (χ1) is 25.2. The number of ketones is 1. The van der Waals surface area contributed by atoms with Crippen LogP contribution in [0.4, 0.5) is 5.13 Å². The van der Waals surface area contributed by atoms with Gasteiger partial charge in [0.05, 0.1) is 25.3 Å². The second-order valence-electron chi connectivity index (χ2n) is 12.0. The van der Waals surface area contributed by atoms with Crippen LogP contribution in [-0.4, -0.2) is 40.7 Å². The maximum Gasteiger partial charge on any atom is 0.301 e. The predicted molar refractivity (Wildman–Crippen MR) is 206 cm³/mol. The van der Waals surface area contributed by atoms with Gasteiger partial charge in [-0.2, -0.15) is 0 Å². The average molecular weight is 777 g/mol. The molecule has 268 valence electrons. The van der Waals surface area contributed by atoms with Crippen molar-refractivity contribution >= 4 is 68.9 Å². The van der Waals surface area contributed by atoms with E-state index in [1.165, 1.54) is 23.8 Å². The molecule has 0 aliphatic carbocycles. The Kier molecular flexibility index (Phi) is 12.1. The molecule has 2 heterocycles. The number of thioether (sulfide) groups is 1. The second-order valence-corrected chi connectivity index (χ2v) is 15.0. The van der Waals surface area contributed by atoms with Crippen molar-refractivity contribution in [3.63, 3.8) is 0 Å². The minimum Gasteiger partial charge on any atom is -0.507 e. The Morgan fingerprint density at radius 1 is 0.962 bits per heavy atom. The molecule has 1 aliphatic rings. The van der Waals surface area contributed by atoms with Crippen LogP contribution in [0.5, 0.6) is 17.2 Å². The third kappa shape index (κ3) is 8.39. The summed E-state index contributed by atoms with van der Waals surface area (Å²) < 4.78 is 18.1. The van der Waals surface area contributed by atoms with Gasteiger partial charge >= 0.3 is 5.91 Å². The van der Waals surface area contributed by atoms with E-state index in [4.69, 9.17) is 37.4 Å². The van der Waals surface area contributed by atoms with Gasteiger partial charge in [-0.3, -0.25) is 14.5 Å². The molecule has 52 heavy (non-hydrogen) atoms. The summed E-state index contributed by atoms with van der Waals surface area (Å²) in [4.78, 5) is 29.0. The fraction of sp³-hybridized carbons (Fsp3) is 0.231. The maximum absolute atomic E-state index is 13.9. The van der Waals surface area contributed by atoms with Crippen molar-refractivity contribution in [3.8, 4) is 17.2 Å². The molecule has 1 aromatic heterocycles. The van der Waals surface area contributed by atoms with Crippen LogP contribution in [0, 0.1) is 6.92 Å². The van der Waals surface area contributed by atoms with E-state index in [1.54, 1.807) is 54.6 Å². The maximum atomic E-state index is 13.9. The number of hydrogen-bond donors (Lipinski definition) is 1. The number of aryl methyl sites for hydroxylation is 1. The largest absolute Gasteiger partial charge is 0.507 e. The number of rotatable bonds is 14. The Hall–Kier alpha value is -4.55. The number of anilines is 1. The van der Waals surface area contributed by atoms with E-state index in [-0.39, 0.29) is 16.5 Å². The molecule has 0 radical (unpaired) electrons. The molecule has 1 unspecified atom stereocenters. The molecule has 1 aliphatic heterocycles. The quantitative estimate of drug-likeness (QED) is 0.0294. The standard InChI is InChI=1S/C39H35Cl2N3O6S2/c1-4-5-17-49-31-16-12-26(19-32(31)48-3)34-33(35(45)25-10-14-29(15-11-25)50-21-24-8-6-7-23(2)18-24)36(46)37(47)44(34)38-42-43-39(52-38)51-22-27-9-13-28(40)20-30(27)41/h6-16,18-20,34,45H,4-5,17,21-22H2,1-3H3/b35-33+. The number of unbranched alkanes of at least 4 members (excludes halogenated alkanes) is 1. The van der Waals surface area contributed by atoms with Crippen molar-refractivity contribution in [2.45, 2.75) is 49.4 Å². The first-order valence-electron chi connectivity index (χ1n) is 16.5. The van der Waals surface area contributed by atoms with E-state index >= 15 is 0 Å². The number of amides is 1. The molecule has 0 saturated carbocycles. The van der Waals surface area contributed by atoms with E-state index in [2.05, 4.69) is 17.1 Å². The third-order valence-electron chi connectivity index (χ3n) is 8.29. The van der Waals surface area contributed by atoms with Gasteiger partial charge in [-0.1, -0.05) is 102 Å². The lowest BCUT2D eigenvalue weighted by Crippen LogP contribution is -2.29. The van der Waals surface area contributed by atoms with Gasteiger partial charge in [0, 0.05) is 21.4 Å². The number of aliphatic hydroxyl groups is 1. The summed E-state index contributed by atoms with van der Waals surface area (Å²) in [6.45, 7) is 4.96. The van der Waals surface area contributed by atoms with Crippen molar-refractivity contribution < 1.29 is 28.9 Å². The van der Waals surface area contributed by atoms with Crippen molar-refractivity contribution in [2.75, 3.05) is 18.6 Å². The lowest BCUT2D eigenvalue weighted by Gasteiger charge is -2.23. The number of benzene rings is 4. The summed E-state index contributed by atoms with van der Waals surface area (Å²) >= 11 is 15.0. The smallest absolute Gasteiger partial charge is 0.301 e. The van der Waals surface area contributed by atoms with E-state index in [9.17, 15) is 14.7 Å². The molecule has 0 spiro atoms. The van der Waals surface area contributed by atoms with Crippen LogP contribution >= 0.6 is 46.3 Å². The molecular formula is C39H35Cl2N3O6S2. The Balaban J connectivity index is 1.34. The second kappa shape index (κ2) is 16.9. The van der Waals surface area contributed by atoms with Gasteiger partial charge in [0.25, 0.3) is 5.78 Å². The van der Waals surface area contributed by atoms with Gasteiger partial charge in [0.15, 0.2) is 15.8 Å². The highest BCUT2D eigenvalue weighted by Gasteiger charge is 2.48. The van der Waals surface area contributed by atoms with Crippen LogP contribution in [-0.2, 0) is 21.9 Å². The van der Waals surface area contributed by atoms with Crippen molar-refractivity contribution in [1.29, 1.82) is 0 Å². The number of Topliss-reactive ketones (excluding diaryl/α,β-unsaturated/α-hetero) is 1. The number of hydrogen-bond acceptors (Lipinski definition) is 10. The molecule has 9 nitrogen and oxygen atoms in total. The number of carbonyl (C=O) groups is 2. The van der Waals surface area contributed by atoms with Crippen molar-refractivity contribution in [2.24, 2.45) is 0 Å². The molecule has 1 amide bonds. The van der Waals surface area contributed by atoms with Gasteiger partial charge in [-0.25, -0.2) is 0 Å². The van der Waals surface area contributed by atoms with Crippen molar-refractivity contribution in [3.05, 3.63) is 128 Å². The summed E-state index contributed by atoms with van der Waals surface area (Å²) in [7, 11) is 1.52. The zero-order chi connectivity index (χ0) is 36.8. The molecule has 5 aromatic rings. The predicted octanol–water partition coefficient (Wildman–Crippen LogP) is 9.84. The van der Waals surface area contributed by atoms with Gasteiger partial charge in [-0.05, 0) is 78.6 Å². The Bertz CT molecular complexity index is 2120. The van der Waals surface area contributed by atoms with Crippen LogP contribution in [0.2, 0.25) is 10.0 Å². The average Bonchev–Trinajstić information content (AvgIpc) is 3.71. The number of carbonyl (C=O) groups excluding carboxylic acids is 2. The van der Waals surface area contributed by atoms with Crippen LogP contribution in [0.3, 0.4) is 0 Å². The molecule has 1 fully saturated rings. The fourth-order valence-corrected chi connectivity index (χ4v) is 8.04. The molecule has 1 atom stereocenters. The Morgan fingerprint density at radius 3 is 2.50 bits per heavy atom. The SMILES string of the molecule is CCCCOc1ccc(C2/C(=C(\O)c3ccc(OCc4cccc(C)c4)cc3)C(=O)C(=O)N2c2nnc(SCc3ccc(Cl)cc3Cl)s2)cc1OC. The topological polar surface area (TPSA) is 111 Å². The zero-order valence-electron chi connectivity index (χ0n) is 28.6. The number of aliphatic hydroxyl groups excluding tert-OH is 1. The molecule has 13 heteroatoms. The summed E-state index contributed by atoms with van der Waals surface area (Å²) in [5, 5.41) is 21.6. The number of nitrogens with zero attached hydrogens (tertiary/aromatic N) is 3. The minimum atomic E-state index is -1.05. The Labute approximate surface area is 320 Å². The monoisotopic (exact) mass is 775 g/mol. The van der Waals surface area contributed by atoms with Gasteiger partial charge in [-0.15, -0.1) is 10.2 Å². The highest BCUT2D eigenvalue weighted by Crippen LogP contribution is 2.46. The van der Waals surface area contributed by atoms with E-state index in [1.807, 2.05) is 37.3 Å². The van der Waals surface area contributed by atoms with Gasteiger partial charge in [0.1, 0.15) is 18.1 Å². The van der Waals surface area contributed by atoms with Gasteiger partial charge in [0.2, 0.25) is 5.13 Å². The molecule has 1 N–H and O–H groups in total. The molecule has 1 saturated heterocycles. The number of aromatic nitrogens is 2. The lowest BCUT2D eigenvalue weighted by atomic mass is 9.95. The number of ether oxygens (including phenoxy) is 3. The normalized spacial score (nSPS) is 15.2. The first-order valence-corrected chi connectivity index (χ1v) is 19.0.